The minimum atomic E-state index is 0.715. The molecule has 0 radical (unpaired) electrons. The van der Waals surface area contributed by atoms with Crippen LogP contribution in [0.1, 0.15) is 52.5 Å². The van der Waals surface area contributed by atoms with Gasteiger partial charge in [-0.25, -0.2) is 9.97 Å². The Morgan fingerprint density at radius 1 is 1.00 bits per heavy atom. The molecule has 0 aliphatic rings. The molecule has 0 atom stereocenters. The molecule has 0 spiro atoms. The van der Waals surface area contributed by atoms with Gasteiger partial charge in [-0.05, 0) is 18.8 Å². The van der Waals surface area contributed by atoms with Crippen molar-refractivity contribution in [2.75, 3.05) is 23.7 Å². The van der Waals surface area contributed by atoms with E-state index in [2.05, 4.69) is 48.3 Å². The van der Waals surface area contributed by atoms with Crippen molar-refractivity contribution in [2.45, 2.75) is 53.4 Å². The van der Waals surface area contributed by atoms with Crippen LogP contribution in [-0.4, -0.2) is 23.1 Å². The molecule has 1 aromatic heterocycles. The Balaban J connectivity index is 2.76. The number of hydrogen-bond donors (Lipinski definition) is 2. The first-order chi connectivity index (χ1) is 9.26. The maximum atomic E-state index is 4.40. The second kappa shape index (κ2) is 8.73. The molecular formula is C15H28N4. The number of nitrogens with one attached hydrogen (secondary N) is 2. The fourth-order valence-corrected chi connectivity index (χ4v) is 2.11. The Hall–Kier alpha value is -1.32. The van der Waals surface area contributed by atoms with Crippen LogP contribution in [0.25, 0.3) is 0 Å². The lowest BCUT2D eigenvalue weighted by atomic mass is 10.0. The molecule has 19 heavy (non-hydrogen) atoms. The van der Waals surface area contributed by atoms with E-state index in [9.17, 15) is 0 Å². The van der Waals surface area contributed by atoms with Gasteiger partial charge in [0.2, 0.25) is 0 Å². The standard InChI is InChI=1S/C15H28N4/c1-5-9-16-14-13(8-4)15(19-11-18-14)17-10-12(6-2)7-3/h11-12H,5-10H2,1-4H3,(H2,16,17,18,19). The van der Waals surface area contributed by atoms with Crippen LogP contribution in [0.3, 0.4) is 0 Å². The van der Waals surface area contributed by atoms with Gasteiger partial charge in [-0.15, -0.1) is 0 Å². The third kappa shape index (κ3) is 4.69. The fraction of sp³-hybridized carbons (Fsp3) is 0.733. The van der Waals surface area contributed by atoms with Gasteiger partial charge in [0.25, 0.3) is 0 Å². The smallest absolute Gasteiger partial charge is 0.134 e. The third-order valence-corrected chi connectivity index (χ3v) is 3.55. The predicted octanol–water partition coefficient (Wildman–Crippen LogP) is 3.71. The van der Waals surface area contributed by atoms with Gasteiger partial charge in [-0.1, -0.05) is 40.5 Å². The molecular weight excluding hydrogens is 236 g/mol. The van der Waals surface area contributed by atoms with E-state index in [1.165, 1.54) is 18.4 Å². The van der Waals surface area contributed by atoms with Crippen LogP contribution in [0.15, 0.2) is 6.33 Å². The third-order valence-electron chi connectivity index (χ3n) is 3.55. The zero-order valence-electron chi connectivity index (χ0n) is 12.8. The van der Waals surface area contributed by atoms with Crippen molar-refractivity contribution in [1.82, 2.24) is 9.97 Å². The van der Waals surface area contributed by atoms with E-state index in [-0.39, 0.29) is 0 Å². The van der Waals surface area contributed by atoms with Crippen molar-refractivity contribution in [3.8, 4) is 0 Å². The molecule has 0 saturated heterocycles. The van der Waals surface area contributed by atoms with Crippen LogP contribution in [-0.2, 0) is 6.42 Å². The number of anilines is 2. The molecule has 1 aromatic rings. The summed E-state index contributed by atoms with van der Waals surface area (Å²) in [7, 11) is 0. The lowest BCUT2D eigenvalue weighted by Crippen LogP contribution is -2.16. The van der Waals surface area contributed by atoms with Crippen molar-refractivity contribution in [2.24, 2.45) is 5.92 Å². The van der Waals surface area contributed by atoms with E-state index >= 15 is 0 Å². The Kier molecular flexibility index (Phi) is 7.23. The zero-order chi connectivity index (χ0) is 14.1. The maximum Gasteiger partial charge on any atom is 0.134 e. The van der Waals surface area contributed by atoms with E-state index in [0.29, 0.717) is 5.92 Å². The van der Waals surface area contributed by atoms with E-state index in [1.807, 2.05) is 0 Å². The normalized spacial score (nSPS) is 10.8. The lowest BCUT2D eigenvalue weighted by molar-refractivity contribution is 0.518. The topological polar surface area (TPSA) is 49.8 Å². The molecule has 0 amide bonds. The van der Waals surface area contributed by atoms with E-state index in [4.69, 9.17) is 0 Å². The van der Waals surface area contributed by atoms with Crippen LogP contribution in [0.2, 0.25) is 0 Å². The van der Waals surface area contributed by atoms with Crippen molar-refractivity contribution in [1.29, 1.82) is 0 Å². The molecule has 0 unspecified atom stereocenters. The highest BCUT2D eigenvalue weighted by molar-refractivity contribution is 5.57. The second-order valence-electron chi connectivity index (χ2n) is 4.89. The quantitative estimate of drug-likeness (QED) is 0.714. The molecule has 2 N–H and O–H groups in total. The molecule has 1 rings (SSSR count). The van der Waals surface area contributed by atoms with Crippen LogP contribution in [0.5, 0.6) is 0 Å². The minimum absolute atomic E-state index is 0.715. The molecule has 108 valence electrons. The monoisotopic (exact) mass is 264 g/mol. The molecule has 0 saturated carbocycles. The van der Waals surface area contributed by atoms with Gasteiger partial charge in [0.05, 0.1) is 0 Å². The Labute approximate surface area is 117 Å². The highest BCUT2D eigenvalue weighted by Gasteiger charge is 2.10. The number of hydrogen-bond acceptors (Lipinski definition) is 4. The highest BCUT2D eigenvalue weighted by atomic mass is 15.1. The number of aromatic nitrogens is 2. The summed E-state index contributed by atoms with van der Waals surface area (Å²) in [6, 6.07) is 0. The lowest BCUT2D eigenvalue weighted by Gasteiger charge is -2.17. The summed E-state index contributed by atoms with van der Waals surface area (Å²) >= 11 is 0. The van der Waals surface area contributed by atoms with Crippen LogP contribution >= 0.6 is 0 Å². The molecule has 0 fully saturated rings. The largest absolute Gasteiger partial charge is 0.370 e. The zero-order valence-corrected chi connectivity index (χ0v) is 12.8. The van der Waals surface area contributed by atoms with Crippen molar-refractivity contribution in [3.05, 3.63) is 11.9 Å². The van der Waals surface area contributed by atoms with Crippen LogP contribution in [0.4, 0.5) is 11.6 Å². The molecule has 0 aromatic carbocycles. The van der Waals surface area contributed by atoms with Gasteiger partial charge in [0.1, 0.15) is 18.0 Å². The van der Waals surface area contributed by atoms with E-state index in [0.717, 1.165) is 37.6 Å². The fourth-order valence-electron chi connectivity index (χ4n) is 2.11. The van der Waals surface area contributed by atoms with Crippen LogP contribution < -0.4 is 10.6 Å². The molecule has 0 aliphatic carbocycles. The Morgan fingerprint density at radius 3 is 2.16 bits per heavy atom. The van der Waals surface area contributed by atoms with E-state index in [1.54, 1.807) is 6.33 Å². The first-order valence-electron chi connectivity index (χ1n) is 7.58. The first-order valence-corrected chi connectivity index (χ1v) is 7.58. The molecule has 4 heteroatoms. The average Bonchev–Trinajstić information content (AvgIpc) is 2.46. The van der Waals surface area contributed by atoms with Gasteiger partial charge in [-0.2, -0.15) is 0 Å². The Bertz CT molecular complexity index is 361. The van der Waals surface area contributed by atoms with Gasteiger partial charge in [0, 0.05) is 18.7 Å². The summed E-state index contributed by atoms with van der Waals surface area (Å²) in [6.07, 6.45) is 6.10. The summed E-state index contributed by atoms with van der Waals surface area (Å²) in [4.78, 5) is 8.75. The van der Waals surface area contributed by atoms with Gasteiger partial charge in [-0.3, -0.25) is 0 Å². The molecule has 1 heterocycles. The molecule has 4 nitrogen and oxygen atoms in total. The van der Waals surface area contributed by atoms with Gasteiger partial charge < -0.3 is 10.6 Å². The summed E-state index contributed by atoms with van der Waals surface area (Å²) in [5.41, 5.74) is 1.20. The summed E-state index contributed by atoms with van der Waals surface area (Å²) in [5.74, 6) is 2.68. The molecule has 0 aliphatic heterocycles. The summed E-state index contributed by atoms with van der Waals surface area (Å²) in [5, 5.41) is 6.87. The second-order valence-corrected chi connectivity index (χ2v) is 4.89. The van der Waals surface area contributed by atoms with Crippen molar-refractivity contribution in [3.63, 3.8) is 0 Å². The maximum absolute atomic E-state index is 4.40. The minimum Gasteiger partial charge on any atom is -0.370 e. The predicted molar refractivity (Wildman–Crippen MR) is 82.8 cm³/mol. The highest BCUT2D eigenvalue weighted by Crippen LogP contribution is 2.21. The van der Waals surface area contributed by atoms with Crippen LogP contribution in [0, 0.1) is 5.92 Å². The number of rotatable bonds is 9. The van der Waals surface area contributed by atoms with Crippen molar-refractivity contribution < 1.29 is 0 Å². The van der Waals surface area contributed by atoms with Gasteiger partial charge in [0.15, 0.2) is 0 Å². The van der Waals surface area contributed by atoms with E-state index < -0.39 is 0 Å². The molecule has 0 bridgehead atoms. The average molecular weight is 264 g/mol. The number of nitrogens with zero attached hydrogens (tertiary/aromatic N) is 2. The van der Waals surface area contributed by atoms with Gasteiger partial charge >= 0.3 is 0 Å². The summed E-state index contributed by atoms with van der Waals surface area (Å²) < 4.78 is 0. The first kappa shape index (κ1) is 15.7. The summed E-state index contributed by atoms with van der Waals surface area (Å²) in [6.45, 7) is 10.7. The van der Waals surface area contributed by atoms with Crippen molar-refractivity contribution >= 4 is 11.6 Å². The SMILES string of the molecule is CCCNc1ncnc(NCC(CC)CC)c1CC. The Morgan fingerprint density at radius 2 is 1.63 bits per heavy atom.